The smallest absolute Gasteiger partial charge is 0.117 e. The minimum absolute atomic E-state index is 0.119. The van der Waals surface area contributed by atoms with Gasteiger partial charge in [-0.15, -0.1) is 0 Å². The van der Waals surface area contributed by atoms with E-state index in [4.69, 9.17) is 9.47 Å². The second-order valence-corrected chi connectivity index (χ2v) is 5.46. The van der Waals surface area contributed by atoms with E-state index in [9.17, 15) is 0 Å². The molecule has 2 unspecified atom stereocenters. The van der Waals surface area contributed by atoms with Gasteiger partial charge in [-0.05, 0) is 39.5 Å². The molecule has 0 bridgehead atoms. The Hall–Kier alpha value is -0.120. The van der Waals surface area contributed by atoms with Crippen LogP contribution in [0.25, 0.3) is 0 Å². The van der Waals surface area contributed by atoms with Crippen LogP contribution in [0.2, 0.25) is 0 Å². The fraction of sp³-hybridized carbons (Fsp3) is 1.00. The first-order chi connectivity index (χ1) is 6.49. The summed E-state index contributed by atoms with van der Waals surface area (Å²) in [6.45, 7) is 9.15. The van der Waals surface area contributed by atoms with Crippen molar-refractivity contribution in [3.05, 3.63) is 0 Å². The van der Waals surface area contributed by atoms with Crippen molar-refractivity contribution in [3.63, 3.8) is 0 Å². The van der Waals surface area contributed by atoms with E-state index in [0.29, 0.717) is 5.92 Å². The van der Waals surface area contributed by atoms with Gasteiger partial charge in [0, 0.05) is 18.8 Å². The predicted molar refractivity (Wildman–Crippen MR) is 55.1 cm³/mol. The summed E-state index contributed by atoms with van der Waals surface area (Å²) in [5.41, 5.74) is -0.0178. The molecule has 3 heteroatoms. The van der Waals surface area contributed by atoms with Crippen molar-refractivity contribution in [2.45, 2.75) is 44.9 Å². The molecule has 2 fully saturated rings. The Morgan fingerprint density at radius 2 is 2.14 bits per heavy atom. The van der Waals surface area contributed by atoms with E-state index in [1.165, 1.54) is 6.42 Å². The van der Waals surface area contributed by atoms with E-state index in [2.05, 4.69) is 26.1 Å². The molecule has 0 aromatic carbocycles. The second-order valence-electron chi connectivity index (χ2n) is 5.46. The molecule has 2 heterocycles. The van der Waals surface area contributed by atoms with Crippen molar-refractivity contribution in [2.75, 3.05) is 19.8 Å². The highest BCUT2D eigenvalue weighted by Crippen LogP contribution is 2.31. The molecular weight excluding hydrogens is 178 g/mol. The van der Waals surface area contributed by atoms with Crippen LogP contribution in [0, 0.1) is 5.92 Å². The first kappa shape index (κ1) is 10.4. The van der Waals surface area contributed by atoms with E-state index in [-0.39, 0.29) is 11.3 Å². The lowest BCUT2D eigenvalue weighted by atomic mass is 9.96. The Bertz CT molecular complexity index is 211. The van der Waals surface area contributed by atoms with Crippen LogP contribution in [0.1, 0.15) is 33.6 Å². The lowest BCUT2D eigenvalue weighted by Gasteiger charge is -2.28. The molecular formula is C11H21NO2. The molecule has 0 saturated carbocycles. The summed E-state index contributed by atoms with van der Waals surface area (Å²) >= 11 is 0. The topological polar surface area (TPSA) is 30.5 Å². The van der Waals surface area contributed by atoms with Gasteiger partial charge in [-0.3, -0.25) is 5.32 Å². The highest BCUT2D eigenvalue weighted by atomic mass is 16.5. The van der Waals surface area contributed by atoms with E-state index in [1.807, 2.05) is 0 Å². The molecule has 2 rings (SSSR count). The summed E-state index contributed by atoms with van der Waals surface area (Å²) in [6, 6.07) is 0. The Morgan fingerprint density at radius 1 is 1.36 bits per heavy atom. The maximum Gasteiger partial charge on any atom is 0.117 e. The number of hydrogen-bond acceptors (Lipinski definition) is 3. The molecule has 0 amide bonds. The van der Waals surface area contributed by atoms with E-state index in [1.54, 1.807) is 0 Å². The highest BCUT2D eigenvalue weighted by molar-refractivity contribution is 4.93. The highest BCUT2D eigenvalue weighted by Gasteiger charge is 2.41. The molecule has 0 aromatic heterocycles. The lowest BCUT2D eigenvalue weighted by Crippen LogP contribution is -2.47. The molecule has 2 aliphatic heterocycles. The molecule has 1 N–H and O–H groups in total. The van der Waals surface area contributed by atoms with Crippen LogP contribution in [0.3, 0.4) is 0 Å². The third-order valence-electron chi connectivity index (χ3n) is 3.06. The van der Waals surface area contributed by atoms with Crippen molar-refractivity contribution < 1.29 is 9.47 Å². The Kier molecular flexibility index (Phi) is 2.58. The minimum Gasteiger partial charge on any atom is -0.381 e. The standard InChI is InChI=1S/C11H21NO2/c1-10(2)8-14-11(3,12-10)6-9-4-5-13-7-9/h9,12H,4-8H2,1-3H3. The molecule has 82 valence electrons. The van der Waals surface area contributed by atoms with Crippen molar-refractivity contribution in [1.82, 2.24) is 5.32 Å². The largest absolute Gasteiger partial charge is 0.381 e. The summed E-state index contributed by atoms with van der Waals surface area (Å²) in [5.74, 6) is 0.668. The average Bonchev–Trinajstić information content (AvgIpc) is 2.60. The van der Waals surface area contributed by atoms with Gasteiger partial charge in [-0.25, -0.2) is 0 Å². The molecule has 2 aliphatic rings. The van der Waals surface area contributed by atoms with Gasteiger partial charge in [-0.1, -0.05) is 0 Å². The second kappa shape index (κ2) is 3.47. The van der Waals surface area contributed by atoms with Gasteiger partial charge in [0.05, 0.1) is 6.61 Å². The molecule has 14 heavy (non-hydrogen) atoms. The predicted octanol–water partition coefficient (Wildman–Crippen LogP) is 1.53. The lowest BCUT2D eigenvalue weighted by molar-refractivity contribution is -0.0145. The number of hydrogen-bond donors (Lipinski definition) is 1. The number of rotatable bonds is 2. The zero-order valence-corrected chi connectivity index (χ0v) is 9.43. The zero-order chi connectivity index (χ0) is 10.2. The van der Waals surface area contributed by atoms with Gasteiger partial charge in [-0.2, -0.15) is 0 Å². The van der Waals surface area contributed by atoms with Gasteiger partial charge in [0.1, 0.15) is 5.72 Å². The molecule has 0 spiro atoms. The van der Waals surface area contributed by atoms with Crippen LogP contribution < -0.4 is 5.32 Å². The zero-order valence-electron chi connectivity index (χ0n) is 9.43. The molecule has 0 aliphatic carbocycles. The summed E-state index contributed by atoms with van der Waals surface area (Å²) in [7, 11) is 0. The molecule has 2 atom stereocenters. The normalized spacial score (nSPS) is 41.8. The maximum absolute atomic E-state index is 5.85. The Labute approximate surface area is 86.2 Å². The average molecular weight is 199 g/mol. The molecule has 3 nitrogen and oxygen atoms in total. The fourth-order valence-electron chi connectivity index (χ4n) is 2.53. The summed E-state index contributed by atoms with van der Waals surface area (Å²) in [4.78, 5) is 0. The first-order valence-electron chi connectivity index (χ1n) is 5.50. The summed E-state index contributed by atoms with van der Waals surface area (Å²) in [5, 5.41) is 3.56. The van der Waals surface area contributed by atoms with Crippen LogP contribution >= 0.6 is 0 Å². The summed E-state index contributed by atoms with van der Waals surface area (Å²) in [6.07, 6.45) is 2.25. The molecule has 0 aromatic rings. The van der Waals surface area contributed by atoms with Crippen molar-refractivity contribution >= 4 is 0 Å². The fourth-order valence-corrected chi connectivity index (χ4v) is 2.53. The van der Waals surface area contributed by atoms with Gasteiger partial charge >= 0.3 is 0 Å². The van der Waals surface area contributed by atoms with Gasteiger partial charge in [0.15, 0.2) is 0 Å². The van der Waals surface area contributed by atoms with E-state index >= 15 is 0 Å². The number of nitrogens with one attached hydrogen (secondary N) is 1. The van der Waals surface area contributed by atoms with Crippen LogP contribution in [0.5, 0.6) is 0 Å². The third-order valence-corrected chi connectivity index (χ3v) is 3.06. The van der Waals surface area contributed by atoms with Crippen LogP contribution in [-0.4, -0.2) is 31.1 Å². The van der Waals surface area contributed by atoms with E-state index < -0.39 is 0 Å². The molecule has 2 saturated heterocycles. The SMILES string of the molecule is CC1(C)COC(C)(CC2CCOC2)N1. The van der Waals surface area contributed by atoms with Gasteiger partial charge in [0.2, 0.25) is 0 Å². The van der Waals surface area contributed by atoms with Crippen molar-refractivity contribution in [2.24, 2.45) is 5.92 Å². The maximum atomic E-state index is 5.85. The first-order valence-corrected chi connectivity index (χ1v) is 5.50. The molecule has 0 radical (unpaired) electrons. The quantitative estimate of drug-likeness (QED) is 0.731. The minimum atomic E-state index is -0.137. The Morgan fingerprint density at radius 3 is 2.64 bits per heavy atom. The monoisotopic (exact) mass is 199 g/mol. The number of ether oxygens (including phenoxy) is 2. The van der Waals surface area contributed by atoms with Crippen molar-refractivity contribution in [1.29, 1.82) is 0 Å². The third kappa shape index (κ3) is 2.27. The summed E-state index contributed by atoms with van der Waals surface area (Å²) < 4.78 is 11.2. The Balaban J connectivity index is 1.90. The van der Waals surface area contributed by atoms with Crippen LogP contribution in [-0.2, 0) is 9.47 Å². The van der Waals surface area contributed by atoms with E-state index in [0.717, 1.165) is 26.2 Å². The van der Waals surface area contributed by atoms with Crippen LogP contribution in [0.4, 0.5) is 0 Å². The van der Waals surface area contributed by atoms with Crippen LogP contribution in [0.15, 0.2) is 0 Å². The van der Waals surface area contributed by atoms with Gasteiger partial charge < -0.3 is 9.47 Å². The van der Waals surface area contributed by atoms with Crippen molar-refractivity contribution in [3.8, 4) is 0 Å². The van der Waals surface area contributed by atoms with Gasteiger partial charge in [0.25, 0.3) is 0 Å².